The van der Waals surface area contributed by atoms with Crippen molar-refractivity contribution in [2.75, 3.05) is 23.7 Å². The number of carbonyl (C=O) groups is 3. The number of esters is 2. The Hall–Kier alpha value is -4.24. The van der Waals surface area contributed by atoms with Gasteiger partial charge in [0.05, 0.1) is 56.8 Å². The predicted molar refractivity (Wildman–Crippen MR) is 161 cm³/mol. The van der Waals surface area contributed by atoms with Crippen molar-refractivity contribution < 1.29 is 32.3 Å². The maximum atomic E-state index is 13.5. The zero-order chi connectivity index (χ0) is 31.3. The minimum absolute atomic E-state index is 0.0152. The summed E-state index contributed by atoms with van der Waals surface area (Å²) in [5.74, 6) is -2.06. The van der Waals surface area contributed by atoms with E-state index in [9.17, 15) is 27.6 Å². The van der Waals surface area contributed by atoms with Gasteiger partial charge >= 0.3 is 11.9 Å². The molecule has 0 radical (unpaired) electrons. The number of nitrogens with two attached hydrogens (primary N) is 1. The number of aromatic nitrogens is 2. The van der Waals surface area contributed by atoms with Crippen molar-refractivity contribution in [2.24, 2.45) is 0 Å². The lowest BCUT2D eigenvalue weighted by molar-refractivity contribution is -0.146. The van der Waals surface area contributed by atoms with Gasteiger partial charge in [0.2, 0.25) is 5.95 Å². The molecule has 0 fully saturated rings. The highest BCUT2D eigenvalue weighted by Gasteiger charge is 2.28. The van der Waals surface area contributed by atoms with E-state index in [0.29, 0.717) is 24.1 Å². The van der Waals surface area contributed by atoms with Gasteiger partial charge in [0, 0.05) is 6.42 Å². The summed E-state index contributed by atoms with van der Waals surface area (Å²) in [5, 5.41) is 2.53. The SMILES string of the molecule is CCOC(=O)CC[C@H](NC(=O)c1ccccc1NS(=O)(=O)c1ccc2c(c1)-c1c(nc(N)n(Br)c1=O)CC2)C(=O)OCC. The van der Waals surface area contributed by atoms with Crippen LogP contribution in [-0.4, -0.2) is 54.1 Å². The smallest absolute Gasteiger partial charge is 0.328 e. The Bertz CT molecular complexity index is 1740. The fourth-order valence-corrected chi connectivity index (χ4v) is 6.00. The van der Waals surface area contributed by atoms with Crippen LogP contribution in [0.2, 0.25) is 0 Å². The molecule has 1 heterocycles. The number of carbonyl (C=O) groups excluding carboxylic acids is 3. The third-order valence-corrected chi connectivity index (χ3v) is 8.71. The summed E-state index contributed by atoms with van der Waals surface area (Å²) in [4.78, 5) is 54.7. The van der Waals surface area contributed by atoms with Crippen molar-refractivity contribution >= 4 is 55.7 Å². The number of nitrogens with one attached hydrogen (secondary N) is 2. The van der Waals surface area contributed by atoms with Crippen LogP contribution in [0.3, 0.4) is 0 Å². The van der Waals surface area contributed by atoms with E-state index < -0.39 is 39.5 Å². The molecule has 228 valence electrons. The molecule has 0 saturated carbocycles. The molecule has 1 aliphatic carbocycles. The Morgan fingerprint density at radius 3 is 2.53 bits per heavy atom. The number of hydrogen-bond donors (Lipinski definition) is 3. The molecule has 0 spiro atoms. The van der Waals surface area contributed by atoms with E-state index in [2.05, 4.69) is 31.2 Å². The van der Waals surface area contributed by atoms with E-state index >= 15 is 0 Å². The van der Waals surface area contributed by atoms with Crippen LogP contribution < -0.4 is 21.3 Å². The lowest BCUT2D eigenvalue weighted by atomic mass is 9.89. The molecule has 1 aliphatic rings. The van der Waals surface area contributed by atoms with Gasteiger partial charge in [-0.1, -0.05) is 18.2 Å². The minimum Gasteiger partial charge on any atom is -0.466 e. The average molecular weight is 677 g/mol. The number of nitrogen functional groups attached to an aromatic ring is 1. The number of anilines is 2. The molecule has 43 heavy (non-hydrogen) atoms. The first-order chi connectivity index (χ1) is 20.5. The third kappa shape index (κ3) is 7.05. The second kappa shape index (κ2) is 13.4. The van der Waals surface area contributed by atoms with Crippen LogP contribution in [0, 0.1) is 0 Å². The molecule has 13 nitrogen and oxygen atoms in total. The number of aryl methyl sites for hydroxylation is 2. The Morgan fingerprint density at radius 2 is 1.81 bits per heavy atom. The molecule has 2 aromatic carbocycles. The van der Waals surface area contributed by atoms with Crippen LogP contribution in [0.25, 0.3) is 11.1 Å². The molecule has 1 aromatic heterocycles. The molecule has 0 unspecified atom stereocenters. The van der Waals surface area contributed by atoms with Gasteiger partial charge in [-0.15, -0.1) is 0 Å². The summed E-state index contributed by atoms with van der Waals surface area (Å²) in [6, 6.07) is 9.11. The number of hydrogen-bond acceptors (Lipinski definition) is 10. The van der Waals surface area contributed by atoms with Crippen molar-refractivity contribution in [3.63, 3.8) is 0 Å². The van der Waals surface area contributed by atoms with E-state index in [1.54, 1.807) is 19.9 Å². The van der Waals surface area contributed by atoms with Crippen LogP contribution >= 0.6 is 16.1 Å². The Balaban J connectivity index is 1.61. The zero-order valence-electron chi connectivity index (χ0n) is 23.4. The fraction of sp³-hybridized carbons (Fsp3) is 0.321. The topological polar surface area (TPSA) is 189 Å². The number of rotatable bonds is 11. The molecule has 0 aliphatic heterocycles. The van der Waals surface area contributed by atoms with E-state index in [4.69, 9.17) is 15.2 Å². The lowest BCUT2D eigenvalue weighted by Gasteiger charge is -2.21. The van der Waals surface area contributed by atoms with Crippen LogP contribution in [0.4, 0.5) is 11.6 Å². The van der Waals surface area contributed by atoms with Gasteiger partial charge in [-0.25, -0.2) is 21.8 Å². The number of para-hydroxylation sites is 1. The van der Waals surface area contributed by atoms with Crippen molar-refractivity contribution in [1.29, 1.82) is 0 Å². The number of nitrogens with zero attached hydrogens (tertiary/aromatic N) is 2. The molecular formula is C28H30BrN5O8S. The minimum atomic E-state index is -4.27. The molecule has 0 bridgehead atoms. The molecule has 15 heteroatoms. The summed E-state index contributed by atoms with van der Waals surface area (Å²) in [5.41, 5.74) is 7.13. The first-order valence-electron chi connectivity index (χ1n) is 13.4. The molecule has 4 N–H and O–H groups in total. The highest BCUT2D eigenvalue weighted by Crippen LogP contribution is 2.33. The third-order valence-electron chi connectivity index (χ3n) is 6.66. The fourth-order valence-electron chi connectivity index (χ4n) is 4.64. The summed E-state index contributed by atoms with van der Waals surface area (Å²) in [7, 11) is -4.27. The van der Waals surface area contributed by atoms with E-state index in [-0.39, 0.29) is 53.7 Å². The second-order valence-corrected chi connectivity index (χ2v) is 11.9. The summed E-state index contributed by atoms with van der Waals surface area (Å²) in [6.45, 7) is 3.47. The maximum absolute atomic E-state index is 13.5. The first kappa shape index (κ1) is 31.7. The number of sulfonamides is 1. The Labute approximate surface area is 256 Å². The zero-order valence-corrected chi connectivity index (χ0v) is 25.8. The van der Waals surface area contributed by atoms with Crippen LogP contribution in [0.15, 0.2) is 52.2 Å². The quantitative estimate of drug-likeness (QED) is 0.255. The normalized spacial score (nSPS) is 12.8. The van der Waals surface area contributed by atoms with Crippen LogP contribution in [0.5, 0.6) is 0 Å². The number of benzene rings is 2. The van der Waals surface area contributed by atoms with Crippen molar-refractivity contribution in [1.82, 2.24) is 13.9 Å². The molecular weight excluding hydrogens is 646 g/mol. The van der Waals surface area contributed by atoms with Gasteiger partial charge in [-0.05, 0) is 68.5 Å². The van der Waals surface area contributed by atoms with E-state index in [1.165, 1.54) is 36.4 Å². The van der Waals surface area contributed by atoms with Crippen molar-refractivity contribution in [3.05, 3.63) is 69.6 Å². The second-order valence-electron chi connectivity index (χ2n) is 9.47. The molecule has 4 rings (SSSR count). The predicted octanol–water partition coefficient (Wildman–Crippen LogP) is 2.55. The summed E-state index contributed by atoms with van der Waals surface area (Å²) < 4.78 is 40.5. The highest BCUT2D eigenvalue weighted by atomic mass is 79.9. The molecule has 3 aromatic rings. The van der Waals surface area contributed by atoms with Crippen molar-refractivity contribution in [2.45, 2.75) is 50.5 Å². The first-order valence-corrected chi connectivity index (χ1v) is 15.6. The van der Waals surface area contributed by atoms with Crippen LogP contribution in [0.1, 0.15) is 48.3 Å². The van der Waals surface area contributed by atoms with E-state index in [1.807, 2.05) is 0 Å². The molecule has 0 saturated heterocycles. The monoisotopic (exact) mass is 675 g/mol. The molecule has 1 amide bonds. The number of ether oxygens (including phenoxy) is 2. The van der Waals surface area contributed by atoms with Gasteiger partial charge in [0.15, 0.2) is 0 Å². The van der Waals surface area contributed by atoms with Gasteiger partial charge in [0.1, 0.15) is 6.04 Å². The molecule has 1 atom stereocenters. The van der Waals surface area contributed by atoms with Gasteiger partial charge < -0.3 is 20.5 Å². The van der Waals surface area contributed by atoms with Gasteiger partial charge in [-0.3, -0.25) is 19.1 Å². The Morgan fingerprint density at radius 1 is 1.09 bits per heavy atom. The highest BCUT2D eigenvalue weighted by molar-refractivity contribution is 9.08. The maximum Gasteiger partial charge on any atom is 0.328 e. The largest absolute Gasteiger partial charge is 0.466 e. The lowest BCUT2D eigenvalue weighted by Crippen LogP contribution is -2.42. The van der Waals surface area contributed by atoms with Crippen LogP contribution in [-0.2, 0) is 41.9 Å². The number of halogens is 1. The van der Waals surface area contributed by atoms with Gasteiger partial charge in [0.25, 0.3) is 21.5 Å². The number of amides is 1. The number of fused-ring (bicyclic) bond motifs is 3. The summed E-state index contributed by atoms with van der Waals surface area (Å²) >= 11 is 3.09. The van der Waals surface area contributed by atoms with E-state index in [0.717, 1.165) is 9.16 Å². The summed E-state index contributed by atoms with van der Waals surface area (Å²) in [6.07, 6.45) is 0.782. The van der Waals surface area contributed by atoms with Gasteiger partial charge in [-0.2, -0.15) is 0 Å². The Kier molecular flexibility index (Phi) is 9.86. The average Bonchev–Trinajstić information content (AvgIpc) is 2.97. The standard InChI is InChI=1S/C28H30BrN5O8S/c1-3-41-23(35)14-13-22(27(38)42-4-2)31-25(36)18-7-5-6-8-20(18)33-43(39,40)17-11-9-16-10-12-21-24(19(16)15-17)26(37)34(29)28(30)32-21/h5-9,11,15,22,33H,3-4,10,12-14H2,1-2H3,(H2,30,32)(H,31,36)/t22-/m0/s1. The van der Waals surface area contributed by atoms with Crippen molar-refractivity contribution in [3.8, 4) is 11.1 Å².